The van der Waals surface area contributed by atoms with Gasteiger partial charge in [0, 0.05) is 51.1 Å². The summed E-state index contributed by atoms with van der Waals surface area (Å²) in [6.45, 7) is 6.12. The quantitative estimate of drug-likeness (QED) is 0.713. The monoisotopic (exact) mass is 380 g/mol. The van der Waals surface area contributed by atoms with Crippen molar-refractivity contribution in [1.82, 2.24) is 14.5 Å². The van der Waals surface area contributed by atoms with E-state index in [1.54, 1.807) is 7.11 Å². The Morgan fingerprint density at radius 1 is 1.04 bits per heavy atom. The first-order valence-electron chi connectivity index (χ1n) is 9.90. The smallest absolute Gasteiger partial charge is 0.116 e. The third kappa shape index (κ3) is 3.63. The van der Waals surface area contributed by atoms with Crippen molar-refractivity contribution in [3.8, 4) is 5.69 Å². The van der Waals surface area contributed by atoms with Gasteiger partial charge >= 0.3 is 0 Å². The molecule has 1 aromatic heterocycles. The Balaban J connectivity index is 1.63. The fourth-order valence-electron chi connectivity index (χ4n) is 3.95. The summed E-state index contributed by atoms with van der Waals surface area (Å²) in [5, 5.41) is 9.49. The molecule has 1 fully saturated rings. The second-order valence-corrected chi connectivity index (χ2v) is 7.20. The van der Waals surface area contributed by atoms with E-state index in [1.165, 1.54) is 5.69 Å². The van der Waals surface area contributed by atoms with E-state index in [9.17, 15) is 5.11 Å². The average molecular weight is 380 g/mol. The van der Waals surface area contributed by atoms with Gasteiger partial charge in [-0.2, -0.15) is 0 Å². The van der Waals surface area contributed by atoms with Crippen LogP contribution in [0.25, 0.3) is 16.7 Å². The number of para-hydroxylation sites is 2. The molecule has 28 heavy (non-hydrogen) atoms. The molecule has 6 heteroatoms. The number of hydrogen-bond donors (Lipinski definition) is 1. The molecule has 0 saturated carbocycles. The van der Waals surface area contributed by atoms with Crippen LogP contribution in [0.4, 0.5) is 5.69 Å². The Kier molecular flexibility index (Phi) is 5.62. The zero-order chi connectivity index (χ0) is 19.5. The molecule has 4 rings (SSSR count). The topological polar surface area (TPSA) is 53.8 Å². The molecule has 1 aliphatic heterocycles. The Bertz CT molecular complexity index is 931. The molecule has 0 radical (unpaired) electrons. The van der Waals surface area contributed by atoms with Crippen LogP contribution in [0.5, 0.6) is 0 Å². The van der Waals surface area contributed by atoms with Crippen LogP contribution in [0.2, 0.25) is 0 Å². The summed E-state index contributed by atoms with van der Waals surface area (Å²) in [5.74, 6) is 0.889. The van der Waals surface area contributed by atoms with Gasteiger partial charge in [-0.3, -0.25) is 9.47 Å². The van der Waals surface area contributed by atoms with Gasteiger partial charge in [-0.25, -0.2) is 4.98 Å². The lowest BCUT2D eigenvalue weighted by molar-refractivity contribution is -0.0212. The fourth-order valence-corrected chi connectivity index (χ4v) is 3.95. The van der Waals surface area contributed by atoms with Gasteiger partial charge in [0.15, 0.2) is 0 Å². The van der Waals surface area contributed by atoms with E-state index in [1.807, 2.05) is 18.2 Å². The largest absolute Gasteiger partial charge is 0.396 e. The highest BCUT2D eigenvalue weighted by Crippen LogP contribution is 2.26. The van der Waals surface area contributed by atoms with E-state index in [4.69, 9.17) is 9.72 Å². The molecule has 2 aromatic carbocycles. The van der Waals surface area contributed by atoms with Crippen molar-refractivity contribution in [1.29, 1.82) is 0 Å². The molecule has 1 unspecified atom stereocenters. The van der Waals surface area contributed by atoms with Crippen LogP contribution in [0.1, 0.15) is 12.7 Å². The number of imidazole rings is 1. The predicted molar refractivity (Wildman–Crippen MR) is 112 cm³/mol. The van der Waals surface area contributed by atoms with E-state index in [2.05, 4.69) is 51.6 Å². The first-order chi connectivity index (χ1) is 13.7. The summed E-state index contributed by atoms with van der Waals surface area (Å²) < 4.78 is 7.62. The van der Waals surface area contributed by atoms with E-state index in [-0.39, 0.29) is 12.8 Å². The third-order valence-electron chi connectivity index (χ3n) is 5.59. The highest BCUT2D eigenvalue weighted by atomic mass is 16.5. The van der Waals surface area contributed by atoms with E-state index in [0.29, 0.717) is 6.42 Å². The summed E-state index contributed by atoms with van der Waals surface area (Å²) >= 11 is 0. The second-order valence-electron chi connectivity index (χ2n) is 7.20. The van der Waals surface area contributed by atoms with Crippen LogP contribution in [0.15, 0.2) is 48.5 Å². The Morgan fingerprint density at radius 2 is 1.79 bits per heavy atom. The number of rotatable bonds is 6. The van der Waals surface area contributed by atoms with Gasteiger partial charge in [-0.05, 0) is 37.3 Å². The van der Waals surface area contributed by atoms with Crippen molar-refractivity contribution in [3.63, 3.8) is 0 Å². The van der Waals surface area contributed by atoms with Crippen molar-refractivity contribution >= 4 is 16.7 Å². The number of benzene rings is 2. The number of methoxy groups -OCH3 is 1. The average Bonchev–Trinajstić information content (AvgIpc) is 3.11. The van der Waals surface area contributed by atoms with Crippen molar-refractivity contribution in [2.24, 2.45) is 0 Å². The van der Waals surface area contributed by atoms with Gasteiger partial charge in [0.05, 0.1) is 17.6 Å². The van der Waals surface area contributed by atoms with Gasteiger partial charge in [0.1, 0.15) is 12.1 Å². The minimum Gasteiger partial charge on any atom is -0.396 e. The van der Waals surface area contributed by atoms with E-state index in [0.717, 1.165) is 48.7 Å². The zero-order valence-corrected chi connectivity index (χ0v) is 16.6. The SMILES string of the molecule is COC(C)N1CCN(c2cccc(-n3c(CCO)nc4ccccc43)c2)CC1. The molecule has 0 spiro atoms. The summed E-state index contributed by atoms with van der Waals surface area (Å²) in [6.07, 6.45) is 0.693. The fraction of sp³-hybridized carbons (Fsp3) is 0.409. The number of nitrogens with zero attached hydrogens (tertiary/aromatic N) is 4. The maximum Gasteiger partial charge on any atom is 0.116 e. The number of fused-ring (bicyclic) bond motifs is 1. The minimum atomic E-state index is 0.0860. The first-order valence-corrected chi connectivity index (χ1v) is 9.90. The third-order valence-corrected chi connectivity index (χ3v) is 5.59. The van der Waals surface area contributed by atoms with Crippen molar-refractivity contribution in [3.05, 3.63) is 54.4 Å². The van der Waals surface area contributed by atoms with Gasteiger partial charge in [0.2, 0.25) is 0 Å². The van der Waals surface area contributed by atoms with Gasteiger partial charge < -0.3 is 14.7 Å². The molecule has 6 nitrogen and oxygen atoms in total. The number of aromatic nitrogens is 2. The van der Waals surface area contributed by atoms with Gasteiger partial charge in [-0.15, -0.1) is 0 Å². The number of aliphatic hydroxyl groups is 1. The molecule has 1 N–H and O–H groups in total. The summed E-state index contributed by atoms with van der Waals surface area (Å²) in [5.41, 5.74) is 4.33. The number of piperazine rings is 1. The summed E-state index contributed by atoms with van der Waals surface area (Å²) in [4.78, 5) is 9.52. The molecule has 0 amide bonds. The molecule has 2 heterocycles. The van der Waals surface area contributed by atoms with Crippen LogP contribution in [0.3, 0.4) is 0 Å². The molecular formula is C22H28N4O2. The van der Waals surface area contributed by atoms with Crippen LogP contribution in [0, 0.1) is 0 Å². The molecule has 1 aliphatic rings. The maximum atomic E-state index is 9.49. The lowest BCUT2D eigenvalue weighted by Gasteiger charge is -2.38. The van der Waals surface area contributed by atoms with E-state index >= 15 is 0 Å². The first kappa shape index (κ1) is 18.9. The lowest BCUT2D eigenvalue weighted by atomic mass is 10.2. The maximum absolute atomic E-state index is 9.49. The summed E-state index contributed by atoms with van der Waals surface area (Å²) in [7, 11) is 1.76. The highest BCUT2D eigenvalue weighted by Gasteiger charge is 2.21. The van der Waals surface area contributed by atoms with Crippen molar-refractivity contribution in [2.75, 3.05) is 44.8 Å². The molecule has 3 aromatic rings. The lowest BCUT2D eigenvalue weighted by Crippen LogP contribution is -2.50. The molecule has 0 aliphatic carbocycles. The minimum absolute atomic E-state index is 0.0860. The van der Waals surface area contributed by atoms with Crippen molar-refractivity contribution < 1.29 is 9.84 Å². The van der Waals surface area contributed by atoms with Gasteiger partial charge in [0.25, 0.3) is 0 Å². The van der Waals surface area contributed by atoms with Crippen LogP contribution >= 0.6 is 0 Å². The molecular weight excluding hydrogens is 352 g/mol. The summed E-state index contributed by atoms with van der Waals surface area (Å²) in [6, 6.07) is 16.7. The normalized spacial score (nSPS) is 16.6. The Labute approximate surface area is 166 Å². The van der Waals surface area contributed by atoms with Crippen LogP contribution < -0.4 is 4.90 Å². The van der Waals surface area contributed by atoms with Crippen molar-refractivity contribution in [2.45, 2.75) is 19.6 Å². The van der Waals surface area contributed by atoms with Gasteiger partial charge in [-0.1, -0.05) is 18.2 Å². The molecule has 1 atom stereocenters. The van der Waals surface area contributed by atoms with Crippen LogP contribution in [-0.2, 0) is 11.2 Å². The number of aliphatic hydroxyl groups excluding tert-OH is 1. The standard InChI is InChI=1S/C22H28N4O2/c1-17(28-2)24-11-13-25(14-12-24)18-6-5-7-19(16-18)26-21-9-4-3-8-20(21)23-22(26)10-15-27/h3-9,16-17,27H,10-15H2,1-2H3. The molecule has 148 valence electrons. The number of hydrogen-bond acceptors (Lipinski definition) is 5. The number of ether oxygens (including phenoxy) is 1. The Morgan fingerprint density at radius 3 is 2.54 bits per heavy atom. The highest BCUT2D eigenvalue weighted by molar-refractivity contribution is 5.78. The van der Waals surface area contributed by atoms with E-state index < -0.39 is 0 Å². The van der Waals surface area contributed by atoms with Crippen LogP contribution in [-0.4, -0.2) is 65.7 Å². The number of anilines is 1. The zero-order valence-electron chi connectivity index (χ0n) is 16.6. The second kappa shape index (κ2) is 8.31. The molecule has 1 saturated heterocycles. The predicted octanol–water partition coefficient (Wildman–Crippen LogP) is 2.67. The Hall–Kier alpha value is -2.41. The molecule has 0 bridgehead atoms.